The van der Waals surface area contributed by atoms with Gasteiger partial charge in [-0.1, -0.05) is 18.5 Å². The zero-order valence-electron chi connectivity index (χ0n) is 22.0. The van der Waals surface area contributed by atoms with Gasteiger partial charge < -0.3 is 9.64 Å². The number of piperazine rings is 1. The van der Waals surface area contributed by atoms with Crippen LogP contribution < -0.4 is 0 Å². The van der Waals surface area contributed by atoms with Crippen LogP contribution in [0, 0.1) is 11.6 Å². The van der Waals surface area contributed by atoms with E-state index in [0.717, 1.165) is 32.1 Å². The summed E-state index contributed by atoms with van der Waals surface area (Å²) >= 11 is 6.02. The Balaban J connectivity index is 1.46. The summed E-state index contributed by atoms with van der Waals surface area (Å²) in [6.45, 7) is 5.74. The van der Waals surface area contributed by atoms with Crippen molar-refractivity contribution in [1.82, 2.24) is 14.1 Å². The quantitative estimate of drug-likeness (QED) is 0.426. The number of carbonyl (C=O) groups is 1. The van der Waals surface area contributed by atoms with Gasteiger partial charge in [-0.25, -0.2) is 22.0 Å². The normalized spacial score (nSPS) is 23.9. The molecule has 7 nitrogen and oxygen atoms in total. The largest absolute Gasteiger partial charge is 0.441 e. The topological polar surface area (TPSA) is 70.2 Å². The van der Waals surface area contributed by atoms with E-state index in [0.29, 0.717) is 50.2 Å². The van der Waals surface area contributed by atoms with Crippen molar-refractivity contribution in [3.8, 4) is 0 Å². The number of piperidine rings is 1. The van der Waals surface area contributed by atoms with Crippen molar-refractivity contribution in [2.75, 3.05) is 32.7 Å². The predicted molar refractivity (Wildman–Crippen MR) is 144 cm³/mol. The number of hydrogen-bond donors (Lipinski definition) is 0. The summed E-state index contributed by atoms with van der Waals surface area (Å²) in [4.78, 5) is 17.3. The van der Waals surface area contributed by atoms with Crippen molar-refractivity contribution in [3.05, 3.63) is 64.7 Å². The summed E-state index contributed by atoms with van der Waals surface area (Å²) in [7, 11) is -4.15. The monoisotopic (exact) mass is 581 g/mol. The van der Waals surface area contributed by atoms with Gasteiger partial charge in [0.05, 0.1) is 17.0 Å². The molecule has 2 heterocycles. The fourth-order valence-electron chi connectivity index (χ4n) is 5.95. The Kier molecular flexibility index (Phi) is 8.20. The third-order valence-corrected chi connectivity index (χ3v) is 10.2. The number of carbonyl (C=O) groups excluding carboxylic acids is 1. The second kappa shape index (κ2) is 11.3. The second-order valence-electron chi connectivity index (χ2n) is 10.7. The molecule has 0 unspecified atom stereocenters. The minimum atomic E-state index is -4.15. The molecule has 1 amide bonds. The summed E-state index contributed by atoms with van der Waals surface area (Å²) in [5.74, 6) is -1.54. The first-order chi connectivity index (χ1) is 18.6. The number of ether oxygens (including phenoxy) is 1. The number of halogens is 3. The lowest BCUT2D eigenvalue weighted by atomic mass is 9.90. The van der Waals surface area contributed by atoms with Gasteiger partial charge in [-0.2, -0.15) is 4.31 Å². The van der Waals surface area contributed by atoms with Crippen LogP contribution >= 0.6 is 11.6 Å². The maximum absolute atomic E-state index is 14.3. The van der Waals surface area contributed by atoms with E-state index >= 15 is 0 Å². The van der Waals surface area contributed by atoms with E-state index in [-0.39, 0.29) is 10.5 Å². The first-order valence-corrected chi connectivity index (χ1v) is 15.4. The molecule has 39 heavy (non-hydrogen) atoms. The number of benzene rings is 2. The van der Waals surface area contributed by atoms with Crippen LogP contribution in [0.5, 0.6) is 0 Å². The van der Waals surface area contributed by atoms with Crippen molar-refractivity contribution in [1.29, 1.82) is 0 Å². The third-order valence-electron chi connectivity index (χ3n) is 8.04. The average molecular weight is 582 g/mol. The molecule has 2 saturated heterocycles. The summed E-state index contributed by atoms with van der Waals surface area (Å²) < 4.78 is 64.3. The molecule has 5 rings (SSSR count). The molecule has 3 fully saturated rings. The van der Waals surface area contributed by atoms with Crippen LogP contribution in [0.4, 0.5) is 13.6 Å². The highest BCUT2D eigenvalue weighted by Crippen LogP contribution is 2.52. The summed E-state index contributed by atoms with van der Waals surface area (Å²) in [6, 6.07) is 7.49. The molecule has 2 aromatic rings. The molecule has 2 aromatic carbocycles. The Morgan fingerprint density at radius 1 is 1.03 bits per heavy atom. The molecular weight excluding hydrogens is 548 g/mol. The highest BCUT2D eigenvalue weighted by molar-refractivity contribution is 7.89. The smallest absolute Gasteiger partial charge is 0.410 e. The molecule has 212 valence electrons. The van der Waals surface area contributed by atoms with Crippen molar-refractivity contribution in [2.45, 2.75) is 68.0 Å². The van der Waals surface area contributed by atoms with Gasteiger partial charge in [-0.15, -0.1) is 0 Å². The van der Waals surface area contributed by atoms with E-state index in [1.807, 2.05) is 0 Å². The zero-order chi connectivity index (χ0) is 27.8. The fourth-order valence-corrected chi connectivity index (χ4v) is 7.99. The molecule has 2 atom stereocenters. The maximum atomic E-state index is 14.3. The van der Waals surface area contributed by atoms with E-state index in [1.165, 1.54) is 40.7 Å². The highest BCUT2D eigenvalue weighted by Gasteiger charge is 2.60. The van der Waals surface area contributed by atoms with Gasteiger partial charge in [0.1, 0.15) is 17.2 Å². The minimum Gasteiger partial charge on any atom is -0.441 e. The summed E-state index contributed by atoms with van der Waals surface area (Å²) in [5.41, 5.74) is -0.745. The van der Waals surface area contributed by atoms with Gasteiger partial charge in [-0.05, 0) is 87.0 Å². The van der Waals surface area contributed by atoms with Crippen molar-refractivity contribution in [3.63, 3.8) is 0 Å². The van der Waals surface area contributed by atoms with Gasteiger partial charge in [0, 0.05) is 37.3 Å². The number of nitrogens with zero attached hydrogens (tertiary/aromatic N) is 3. The Morgan fingerprint density at radius 2 is 1.67 bits per heavy atom. The van der Waals surface area contributed by atoms with E-state index < -0.39 is 45.4 Å². The molecule has 0 bridgehead atoms. The SMILES string of the molecule is CCCN1CCN(C(=O)OC2([C@H]3CCC[C@@H](c4cc(F)cc(F)c4)N3S(=O)(=O)c3ccc(Cl)cc3)CC2)CC1. The van der Waals surface area contributed by atoms with Gasteiger partial charge in [0.25, 0.3) is 0 Å². The highest BCUT2D eigenvalue weighted by atomic mass is 35.5. The number of rotatable bonds is 7. The number of hydrogen-bond acceptors (Lipinski definition) is 5. The van der Waals surface area contributed by atoms with Gasteiger partial charge in [0.2, 0.25) is 10.0 Å². The van der Waals surface area contributed by atoms with Crippen LogP contribution in [0.3, 0.4) is 0 Å². The third kappa shape index (κ3) is 5.94. The first-order valence-electron chi connectivity index (χ1n) is 13.6. The molecule has 0 aromatic heterocycles. The van der Waals surface area contributed by atoms with E-state index in [4.69, 9.17) is 16.3 Å². The average Bonchev–Trinajstić information content (AvgIpc) is 3.69. The standard InChI is InChI=1S/C28H34ClF2N3O4S/c1-2-12-32-13-15-33(16-14-32)27(35)38-28(10-11-28)26-5-3-4-25(20-17-22(30)19-23(31)18-20)34(26)39(36,37)24-8-6-21(29)7-9-24/h6-9,17-19,25-26H,2-5,10-16H2,1H3/t25-,26+/m0/s1. The first kappa shape index (κ1) is 28.3. The molecule has 1 saturated carbocycles. The molecule has 1 aliphatic carbocycles. The van der Waals surface area contributed by atoms with Crippen molar-refractivity contribution < 1.29 is 26.7 Å². The molecule has 3 aliphatic rings. The van der Waals surface area contributed by atoms with Crippen LogP contribution in [-0.4, -0.2) is 73.0 Å². The lowest BCUT2D eigenvalue weighted by Crippen LogP contribution is -2.55. The van der Waals surface area contributed by atoms with E-state index in [9.17, 15) is 22.0 Å². The van der Waals surface area contributed by atoms with Gasteiger partial charge >= 0.3 is 6.09 Å². The number of sulfonamides is 1. The molecule has 0 N–H and O–H groups in total. The van der Waals surface area contributed by atoms with Gasteiger partial charge in [-0.3, -0.25) is 4.90 Å². The van der Waals surface area contributed by atoms with Crippen molar-refractivity contribution in [2.24, 2.45) is 0 Å². The molecule has 0 spiro atoms. The number of amides is 1. The molecule has 0 radical (unpaired) electrons. The van der Waals surface area contributed by atoms with E-state index in [1.54, 1.807) is 4.90 Å². The van der Waals surface area contributed by atoms with Crippen LogP contribution in [0.15, 0.2) is 47.4 Å². The van der Waals surface area contributed by atoms with Crippen LogP contribution in [0.25, 0.3) is 0 Å². The minimum absolute atomic E-state index is 0.0230. The second-order valence-corrected chi connectivity index (χ2v) is 13.0. The lowest BCUT2D eigenvalue weighted by Gasteiger charge is -2.45. The van der Waals surface area contributed by atoms with Crippen LogP contribution in [0.2, 0.25) is 5.02 Å². The Morgan fingerprint density at radius 3 is 2.26 bits per heavy atom. The van der Waals surface area contributed by atoms with Crippen molar-refractivity contribution >= 4 is 27.7 Å². The van der Waals surface area contributed by atoms with Crippen LogP contribution in [-0.2, 0) is 14.8 Å². The van der Waals surface area contributed by atoms with Crippen LogP contribution in [0.1, 0.15) is 57.1 Å². The summed E-state index contributed by atoms with van der Waals surface area (Å²) in [5, 5.41) is 0.388. The predicted octanol–water partition coefficient (Wildman–Crippen LogP) is 5.60. The Labute approximate surface area is 233 Å². The molecule has 2 aliphatic heterocycles. The zero-order valence-corrected chi connectivity index (χ0v) is 23.6. The molecule has 11 heteroatoms. The van der Waals surface area contributed by atoms with Gasteiger partial charge in [0.15, 0.2) is 0 Å². The van der Waals surface area contributed by atoms with E-state index in [2.05, 4.69) is 11.8 Å². The molecular formula is C28H34ClF2N3O4S. The lowest BCUT2D eigenvalue weighted by molar-refractivity contribution is -0.0140. The Bertz CT molecular complexity index is 1280. The fraction of sp³-hybridized carbons (Fsp3) is 0.536. The maximum Gasteiger partial charge on any atom is 0.410 e. The summed E-state index contributed by atoms with van der Waals surface area (Å²) in [6.07, 6.45) is 3.13. The Hall–Kier alpha value is -2.27.